The second-order valence-electron chi connectivity index (χ2n) is 7.73. The van der Waals surface area contributed by atoms with Crippen molar-refractivity contribution in [1.82, 2.24) is 14.8 Å². The molecule has 6 heteroatoms. The number of rotatable bonds is 2. The summed E-state index contributed by atoms with van der Waals surface area (Å²) in [5, 5.41) is 0. The molecule has 0 saturated carbocycles. The van der Waals surface area contributed by atoms with Gasteiger partial charge < -0.3 is 19.1 Å². The van der Waals surface area contributed by atoms with E-state index in [1.807, 2.05) is 12.1 Å². The maximum atomic E-state index is 12.9. The van der Waals surface area contributed by atoms with E-state index in [9.17, 15) is 4.79 Å². The summed E-state index contributed by atoms with van der Waals surface area (Å²) in [5.41, 5.74) is 2.91. The number of aryl methyl sites for hydroxylation is 1. The van der Waals surface area contributed by atoms with E-state index >= 15 is 0 Å². The van der Waals surface area contributed by atoms with Crippen LogP contribution in [0.5, 0.6) is 0 Å². The molecule has 0 spiro atoms. The summed E-state index contributed by atoms with van der Waals surface area (Å²) in [6, 6.07) is 6.75. The predicted molar refractivity (Wildman–Crippen MR) is 102 cm³/mol. The number of aromatic nitrogens is 1. The molecule has 0 radical (unpaired) electrons. The van der Waals surface area contributed by atoms with Gasteiger partial charge in [-0.15, -0.1) is 0 Å². The van der Waals surface area contributed by atoms with Gasteiger partial charge in [-0.3, -0.25) is 4.79 Å². The van der Waals surface area contributed by atoms with Gasteiger partial charge in [-0.05, 0) is 57.5 Å². The van der Waals surface area contributed by atoms with Crippen molar-refractivity contribution in [3.8, 4) is 0 Å². The maximum absolute atomic E-state index is 12.9. The number of piperidine rings is 1. The number of anilines is 1. The fraction of sp³-hybridized carbons (Fsp3) is 0.600. The molecule has 1 aromatic carbocycles. The molecule has 1 amide bonds. The van der Waals surface area contributed by atoms with Crippen molar-refractivity contribution in [1.29, 1.82) is 0 Å². The van der Waals surface area contributed by atoms with Crippen molar-refractivity contribution in [2.45, 2.75) is 26.2 Å². The lowest BCUT2D eigenvalue weighted by atomic mass is 9.97. The topological polar surface area (TPSA) is 52.8 Å². The fourth-order valence-corrected chi connectivity index (χ4v) is 4.12. The Hall–Kier alpha value is -2.08. The molecule has 140 valence electrons. The van der Waals surface area contributed by atoms with Crippen LogP contribution < -0.4 is 4.90 Å². The Bertz CT molecular complexity index is 787. The maximum Gasteiger partial charge on any atom is 0.298 e. The molecule has 1 aromatic heterocycles. The monoisotopic (exact) mass is 356 g/mol. The molecule has 2 saturated heterocycles. The Labute approximate surface area is 154 Å². The molecular formula is C20H28N4O2. The third kappa shape index (κ3) is 3.56. The van der Waals surface area contributed by atoms with E-state index in [4.69, 9.17) is 4.42 Å². The third-order valence-corrected chi connectivity index (χ3v) is 5.58. The van der Waals surface area contributed by atoms with Gasteiger partial charge in [-0.2, -0.15) is 4.98 Å². The van der Waals surface area contributed by atoms with E-state index in [2.05, 4.69) is 39.7 Å². The zero-order valence-corrected chi connectivity index (χ0v) is 15.8. The number of oxazole rings is 1. The highest BCUT2D eigenvalue weighted by molar-refractivity contribution is 5.79. The van der Waals surface area contributed by atoms with Crippen molar-refractivity contribution in [3.63, 3.8) is 0 Å². The highest BCUT2D eigenvalue weighted by Gasteiger charge is 2.29. The van der Waals surface area contributed by atoms with E-state index in [1.54, 1.807) is 0 Å². The van der Waals surface area contributed by atoms with Crippen LogP contribution in [0.4, 0.5) is 6.01 Å². The number of amides is 1. The zero-order chi connectivity index (χ0) is 18.1. The summed E-state index contributed by atoms with van der Waals surface area (Å²) in [7, 11) is 2.11. The Morgan fingerprint density at radius 1 is 1.15 bits per heavy atom. The SMILES string of the molecule is Cc1ccc2oc(N3CCCN(C(=O)C4CCCN(C)C4)CC3)nc2c1. The van der Waals surface area contributed by atoms with E-state index < -0.39 is 0 Å². The van der Waals surface area contributed by atoms with Crippen LogP contribution in [0.3, 0.4) is 0 Å². The first-order valence-corrected chi connectivity index (χ1v) is 9.69. The molecule has 3 heterocycles. The van der Waals surface area contributed by atoms with Crippen LogP contribution in [0, 0.1) is 12.8 Å². The Kier molecular flexibility index (Phi) is 4.85. The van der Waals surface area contributed by atoms with E-state index in [-0.39, 0.29) is 5.92 Å². The molecule has 2 aliphatic rings. The summed E-state index contributed by atoms with van der Waals surface area (Å²) in [4.78, 5) is 24.1. The Morgan fingerprint density at radius 2 is 2.04 bits per heavy atom. The lowest BCUT2D eigenvalue weighted by Gasteiger charge is -2.32. The number of nitrogens with zero attached hydrogens (tertiary/aromatic N) is 4. The Morgan fingerprint density at radius 3 is 2.88 bits per heavy atom. The average Bonchev–Trinajstić information content (AvgIpc) is 2.89. The van der Waals surface area contributed by atoms with Crippen LogP contribution in [-0.4, -0.2) is 67.0 Å². The minimum absolute atomic E-state index is 0.160. The van der Waals surface area contributed by atoms with Gasteiger partial charge in [0.1, 0.15) is 5.52 Å². The van der Waals surface area contributed by atoms with Crippen LogP contribution in [0.2, 0.25) is 0 Å². The van der Waals surface area contributed by atoms with Crippen molar-refractivity contribution >= 4 is 23.0 Å². The third-order valence-electron chi connectivity index (χ3n) is 5.58. The largest absolute Gasteiger partial charge is 0.423 e. The minimum Gasteiger partial charge on any atom is -0.423 e. The molecule has 2 aliphatic heterocycles. The second-order valence-corrected chi connectivity index (χ2v) is 7.73. The van der Waals surface area contributed by atoms with Crippen molar-refractivity contribution < 1.29 is 9.21 Å². The molecule has 0 aliphatic carbocycles. The lowest BCUT2D eigenvalue weighted by molar-refractivity contribution is -0.136. The standard InChI is InChI=1S/C20H28N4O2/c1-15-6-7-18-17(13-15)21-20(26-18)24-10-4-9-23(11-12-24)19(25)16-5-3-8-22(2)14-16/h6-7,13,16H,3-5,8-12,14H2,1-2H3. The normalized spacial score (nSPS) is 22.6. The van der Waals surface area contributed by atoms with Gasteiger partial charge in [0.25, 0.3) is 6.01 Å². The second kappa shape index (κ2) is 7.27. The molecule has 0 bridgehead atoms. The van der Waals surface area contributed by atoms with E-state index in [0.29, 0.717) is 11.9 Å². The highest BCUT2D eigenvalue weighted by Crippen LogP contribution is 2.24. The molecule has 6 nitrogen and oxygen atoms in total. The minimum atomic E-state index is 0.160. The highest BCUT2D eigenvalue weighted by atomic mass is 16.4. The van der Waals surface area contributed by atoms with Gasteiger partial charge in [0.15, 0.2) is 5.58 Å². The average molecular weight is 356 g/mol. The molecule has 1 unspecified atom stereocenters. The summed E-state index contributed by atoms with van der Waals surface area (Å²) >= 11 is 0. The van der Waals surface area contributed by atoms with Crippen LogP contribution in [0.25, 0.3) is 11.1 Å². The molecule has 26 heavy (non-hydrogen) atoms. The number of benzene rings is 1. The van der Waals surface area contributed by atoms with Gasteiger partial charge in [0, 0.05) is 32.7 Å². The molecule has 1 atom stereocenters. The predicted octanol–water partition coefficient (Wildman–Crippen LogP) is 2.52. The van der Waals surface area contributed by atoms with Gasteiger partial charge in [0.05, 0.1) is 5.92 Å². The van der Waals surface area contributed by atoms with E-state index in [1.165, 1.54) is 5.56 Å². The van der Waals surface area contributed by atoms with Crippen LogP contribution in [0.1, 0.15) is 24.8 Å². The first kappa shape index (κ1) is 17.3. The lowest BCUT2D eigenvalue weighted by Crippen LogP contribution is -2.44. The molecule has 2 aromatic rings. The summed E-state index contributed by atoms with van der Waals surface area (Å²) in [5.74, 6) is 0.485. The van der Waals surface area contributed by atoms with Crippen molar-refractivity contribution in [2.75, 3.05) is 51.2 Å². The fourth-order valence-electron chi connectivity index (χ4n) is 4.12. The number of likely N-dealkylation sites (tertiary alicyclic amines) is 1. The number of hydrogen-bond donors (Lipinski definition) is 0. The summed E-state index contributed by atoms with van der Waals surface area (Å²) < 4.78 is 5.95. The first-order chi connectivity index (χ1) is 12.6. The zero-order valence-electron chi connectivity index (χ0n) is 15.8. The Balaban J connectivity index is 1.43. The van der Waals surface area contributed by atoms with Crippen LogP contribution >= 0.6 is 0 Å². The number of carbonyl (C=O) groups excluding carboxylic acids is 1. The molecular weight excluding hydrogens is 328 g/mol. The van der Waals surface area contributed by atoms with Gasteiger partial charge in [-0.1, -0.05) is 6.07 Å². The van der Waals surface area contributed by atoms with Gasteiger partial charge in [0.2, 0.25) is 5.91 Å². The quantitative estimate of drug-likeness (QED) is 0.828. The van der Waals surface area contributed by atoms with Crippen LogP contribution in [-0.2, 0) is 4.79 Å². The number of fused-ring (bicyclic) bond motifs is 1. The summed E-state index contributed by atoms with van der Waals surface area (Å²) in [6.07, 6.45) is 3.09. The number of carbonyl (C=O) groups is 1. The van der Waals surface area contributed by atoms with Crippen LogP contribution in [0.15, 0.2) is 22.6 Å². The molecule has 0 N–H and O–H groups in total. The van der Waals surface area contributed by atoms with Crippen molar-refractivity contribution in [2.24, 2.45) is 5.92 Å². The first-order valence-electron chi connectivity index (χ1n) is 9.69. The van der Waals surface area contributed by atoms with Crippen molar-refractivity contribution in [3.05, 3.63) is 23.8 Å². The number of hydrogen-bond acceptors (Lipinski definition) is 5. The molecule has 4 rings (SSSR count). The van der Waals surface area contributed by atoms with Gasteiger partial charge >= 0.3 is 0 Å². The van der Waals surface area contributed by atoms with E-state index in [0.717, 1.165) is 69.6 Å². The molecule has 2 fully saturated rings. The smallest absolute Gasteiger partial charge is 0.298 e. The summed E-state index contributed by atoms with van der Waals surface area (Å²) in [6.45, 7) is 7.29. The van der Waals surface area contributed by atoms with Gasteiger partial charge in [-0.25, -0.2) is 0 Å².